The predicted molar refractivity (Wildman–Crippen MR) is 129 cm³/mol. The first-order chi connectivity index (χ1) is 15.6. The molecule has 0 aliphatic heterocycles. The number of nitrogens with two attached hydrogens (primary N) is 4. The summed E-state index contributed by atoms with van der Waals surface area (Å²) in [4.78, 5) is 53.7. The van der Waals surface area contributed by atoms with Crippen molar-refractivity contribution in [1.29, 1.82) is 0 Å². The number of guanidine groups is 1. The molecule has 0 heterocycles. The monoisotopic (exact) mass is 486 g/mol. The molecule has 0 rings (SSSR count). The summed E-state index contributed by atoms with van der Waals surface area (Å²) in [5, 5.41) is 16.9. The SMILES string of the molecule is CC(C)C[C@H](NC(=O)[C@@H](N)CCCN=C(N)N)C(=O)N[C@H](C(=O)N[C@@H](CO)C(N)=O)C(C)(C)C. The van der Waals surface area contributed by atoms with E-state index in [9.17, 15) is 24.3 Å². The highest BCUT2D eigenvalue weighted by Crippen LogP contribution is 2.20. The molecule has 0 spiro atoms. The van der Waals surface area contributed by atoms with Crippen LogP contribution in [0.2, 0.25) is 0 Å². The fraction of sp³-hybridized carbons (Fsp3) is 0.762. The summed E-state index contributed by atoms with van der Waals surface area (Å²) in [5.74, 6) is -2.70. The smallest absolute Gasteiger partial charge is 0.243 e. The lowest BCUT2D eigenvalue weighted by molar-refractivity contribution is -0.136. The van der Waals surface area contributed by atoms with Crippen LogP contribution in [-0.4, -0.2) is 72.0 Å². The van der Waals surface area contributed by atoms with E-state index in [0.29, 0.717) is 25.8 Å². The highest BCUT2D eigenvalue weighted by molar-refractivity contribution is 5.95. The molecular formula is C21H42N8O5. The lowest BCUT2D eigenvalue weighted by atomic mass is 9.85. The van der Waals surface area contributed by atoms with Gasteiger partial charge in [-0.15, -0.1) is 0 Å². The number of primary amides is 1. The number of rotatable bonds is 14. The minimum atomic E-state index is -1.29. The van der Waals surface area contributed by atoms with Crippen molar-refractivity contribution in [1.82, 2.24) is 16.0 Å². The fourth-order valence-electron chi connectivity index (χ4n) is 3.01. The number of aliphatic imine (C=N–C) groups is 1. The van der Waals surface area contributed by atoms with E-state index in [2.05, 4.69) is 20.9 Å². The standard InChI is InChI=1S/C21H42N8O5/c1-11(2)9-13(27-17(32)12(22)7-6-8-26-20(24)25)18(33)29-15(21(3,4)5)19(34)28-14(10-30)16(23)31/h11-15,30H,6-10,22H2,1-5H3,(H2,23,31)(H,27,32)(H,28,34)(H,29,33)(H4,24,25,26)/t12-,13-,14-,15+/m0/s1. The van der Waals surface area contributed by atoms with E-state index in [1.54, 1.807) is 20.8 Å². The summed E-state index contributed by atoms with van der Waals surface area (Å²) in [5.41, 5.74) is 20.9. The van der Waals surface area contributed by atoms with Crippen molar-refractivity contribution < 1.29 is 24.3 Å². The average Bonchev–Trinajstić information content (AvgIpc) is 2.70. The Bertz CT molecular complexity index is 731. The molecule has 0 fully saturated rings. The van der Waals surface area contributed by atoms with Gasteiger partial charge in [0.2, 0.25) is 23.6 Å². The highest BCUT2D eigenvalue weighted by atomic mass is 16.3. The van der Waals surface area contributed by atoms with Gasteiger partial charge in [0.25, 0.3) is 0 Å². The number of carbonyl (C=O) groups excluding carboxylic acids is 4. The molecule has 13 nitrogen and oxygen atoms in total. The largest absolute Gasteiger partial charge is 0.394 e. The third kappa shape index (κ3) is 11.8. The van der Waals surface area contributed by atoms with Gasteiger partial charge in [-0.25, -0.2) is 0 Å². The van der Waals surface area contributed by atoms with Crippen LogP contribution >= 0.6 is 0 Å². The van der Waals surface area contributed by atoms with Gasteiger partial charge in [-0.2, -0.15) is 0 Å². The van der Waals surface area contributed by atoms with Gasteiger partial charge >= 0.3 is 0 Å². The molecule has 0 aromatic heterocycles. The van der Waals surface area contributed by atoms with E-state index in [0.717, 1.165) is 0 Å². The zero-order valence-electron chi connectivity index (χ0n) is 20.8. The van der Waals surface area contributed by atoms with Crippen LogP contribution in [0.3, 0.4) is 0 Å². The Morgan fingerprint density at radius 1 is 0.912 bits per heavy atom. The Labute approximate surface area is 200 Å². The van der Waals surface area contributed by atoms with Crippen molar-refractivity contribution in [2.45, 2.75) is 78.0 Å². The Morgan fingerprint density at radius 3 is 1.91 bits per heavy atom. The van der Waals surface area contributed by atoms with E-state index in [4.69, 9.17) is 22.9 Å². The molecule has 0 aliphatic carbocycles. The zero-order chi connectivity index (χ0) is 26.6. The topological polar surface area (TPSA) is 241 Å². The second-order valence-corrected chi connectivity index (χ2v) is 9.70. The van der Waals surface area contributed by atoms with Crippen LogP contribution in [0.4, 0.5) is 0 Å². The second-order valence-electron chi connectivity index (χ2n) is 9.70. The van der Waals surface area contributed by atoms with Gasteiger partial charge in [0.15, 0.2) is 5.96 Å². The Morgan fingerprint density at radius 2 is 1.47 bits per heavy atom. The van der Waals surface area contributed by atoms with Gasteiger partial charge in [-0.3, -0.25) is 24.2 Å². The Balaban J connectivity index is 5.40. The molecule has 34 heavy (non-hydrogen) atoms. The van der Waals surface area contributed by atoms with E-state index >= 15 is 0 Å². The highest BCUT2D eigenvalue weighted by Gasteiger charge is 2.36. The van der Waals surface area contributed by atoms with E-state index in [1.807, 2.05) is 13.8 Å². The van der Waals surface area contributed by atoms with Crippen molar-refractivity contribution in [3.05, 3.63) is 0 Å². The molecular weight excluding hydrogens is 444 g/mol. The summed E-state index contributed by atoms with van der Waals surface area (Å²) in [7, 11) is 0. The van der Waals surface area contributed by atoms with Crippen LogP contribution in [0.5, 0.6) is 0 Å². The van der Waals surface area contributed by atoms with Gasteiger partial charge in [-0.1, -0.05) is 34.6 Å². The van der Waals surface area contributed by atoms with Crippen LogP contribution in [0.1, 0.15) is 53.9 Å². The van der Waals surface area contributed by atoms with Crippen molar-refractivity contribution in [3.8, 4) is 0 Å². The lowest BCUT2D eigenvalue weighted by Crippen LogP contribution is -2.61. The van der Waals surface area contributed by atoms with Crippen molar-refractivity contribution in [2.24, 2.45) is 39.3 Å². The number of aliphatic hydroxyl groups is 1. The molecule has 4 amide bonds. The third-order valence-electron chi connectivity index (χ3n) is 4.90. The maximum Gasteiger partial charge on any atom is 0.243 e. The van der Waals surface area contributed by atoms with Crippen molar-refractivity contribution >= 4 is 29.6 Å². The molecule has 13 heteroatoms. The average molecular weight is 487 g/mol. The molecule has 196 valence electrons. The first-order valence-corrected chi connectivity index (χ1v) is 11.2. The maximum absolute atomic E-state index is 13.1. The van der Waals surface area contributed by atoms with Gasteiger partial charge in [0.1, 0.15) is 18.1 Å². The zero-order valence-corrected chi connectivity index (χ0v) is 20.8. The number of nitrogens with one attached hydrogen (secondary N) is 3. The van der Waals surface area contributed by atoms with Gasteiger partial charge in [0.05, 0.1) is 12.6 Å². The Kier molecular flexibility index (Phi) is 13.1. The summed E-state index contributed by atoms with van der Waals surface area (Å²) in [6.45, 7) is 8.57. The molecule has 4 atom stereocenters. The fourth-order valence-corrected chi connectivity index (χ4v) is 3.01. The van der Waals surface area contributed by atoms with E-state index in [-0.39, 0.29) is 11.9 Å². The third-order valence-corrected chi connectivity index (χ3v) is 4.90. The molecule has 0 saturated carbocycles. The molecule has 0 aliphatic rings. The van der Waals surface area contributed by atoms with Crippen LogP contribution < -0.4 is 38.9 Å². The van der Waals surface area contributed by atoms with E-state index in [1.165, 1.54) is 0 Å². The summed E-state index contributed by atoms with van der Waals surface area (Å²) >= 11 is 0. The minimum absolute atomic E-state index is 0.0460. The normalized spacial score (nSPS) is 14.9. The predicted octanol–water partition coefficient (Wildman–Crippen LogP) is -2.61. The van der Waals surface area contributed by atoms with Gasteiger partial charge in [-0.05, 0) is 30.6 Å². The lowest BCUT2D eigenvalue weighted by Gasteiger charge is -2.33. The maximum atomic E-state index is 13.1. The molecule has 0 aromatic rings. The first-order valence-electron chi connectivity index (χ1n) is 11.2. The molecule has 0 saturated heterocycles. The number of hydrogen-bond donors (Lipinski definition) is 8. The first kappa shape index (κ1) is 31.1. The Hall–Kier alpha value is -2.93. The number of carbonyl (C=O) groups is 4. The van der Waals surface area contributed by atoms with Crippen LogP contribution in [0.15, 0.2) is 4.99 Å². The van der Waals surface area contributed by atoms with Gasteiger partial charge in [0, 0.05) is 6.54 Å². The summed E-state index contributed by atoms with van der Waals surface area (Å²) < 4.78 is 0. The molecule has 0 bridgehead atoms. The van der Waals surface area contributed by atoms with Crippen LogP contribution in [0.25, 0.3) is 0 Å². The summed E-state index contributed by atoms with van der Waals surface area (Å²) in [6, 6.07) is -4.19. The van der Waals surface area contributed by atoms with E-state index < -0.39 is 59.8 Å². The number of hydrogen-bond acceptors (Lipinski definition) is 7. The minimum Gasteiger partial charge on any atom is -0.394 e. The quantitative estimate of drug-likeness (QED) is 0.0732. The van der Waals surface area contributed by atoms with Crippen molar-refractivity contribution in [3.63, 3.8) is 0 Å². The van der Waals surface area contributed by atoms with Crippen molar-refractivity contribution in [2.75, 3.05) is 13.2 Å². The number of aliphatic hydroxyl groups excluding tert-OH is 1. The second kappa shape index (κ2) is 14.4. The number of amides is 4. The number of nitrogens with zero attached hydrogens (tertiary/aromatic N) is 1. The molecule has 0 aromatic carbocycles. The molecule has 0 radical (unpaired) electrons. The van der Waals surface area contributed by atoms with Crippen LogP contribution in [0, 0.1) is 11.3 Å². The molecule has 12 N–H and O–H groups in total. The molecule has 0 unspecified atom stereocenters. The summed E-state index contributed by atoms with van der Waals surface area (Å²) in [6.07, 6.45) is 1.09. The van der Waals surface area contributed by atoms with Crippen LogP contribution in [-0.2, 0) is 19.2 Å². The van der Waals surface area contributed by atoms with Gasteiger partial charge < -0.3 is 44.0 Å².